The third kappa shape index (κ3) is 3.07. The maximum absolute atomic E-state index is 6.24. The molecule has 0 radical (unpaired) electrons. The minimum Gasteiger partial charge on any atom is -0.498 e. The predicted molar refractivity (Wildman–Crippen MR) is 84.7 cm³/mol. The van der Waals surface area contributed by atoms with Crippen molar-refractivity contribution in [3.05, 3.63) is 23.4 Å². The molecule has 2 fully saturated rings. The zero-order valence-electron chi connectivity index (χ0n) is 13.9. The lowest BCUT2D eigenvalue weighted by molar-refractivity contribution is -0.0746. The second-order valence-electron chi connectivity index (χ2n) is 7.89. The summed E-state index contributed by atoms with van der Waals surface area (Å²) >= 11 is 0. The van der Waals surface area contributed by atoms with Crippen LogP contribution in [0.2, 0.25) is 0 Å². The van der Waals surface area contributed by atoms with Crippen LogP contribution in [-0.4, -0.2) is 24.9 Å². The molecule has 1 unspecified atom stereocenters. The van der Waals surface area contributed by atoms with Crippen LogP contribution in [-0.2, 0) is 14.0 Å². The Labute approximate surface area is 128 Å². The van der Waals surface area contributed by atoms with E-state index in [9.17, 15) is 0 Å². The molecule has 21 heavy (non-hydrogen) atoms. The maximum atomic E-state index is 6.24. The standard InChI is InChI=1S/C17H27BO3/c1-12-13-7-6-10-19-15(13)9-8-14(12)18-20-16(2,3)11-17(4,5)21-18/h8-9,12-13H,6-7,10-11H2,1-5H3/t12-,13?/m0/s1. The van der Waals surface area contributed by atoms with E-state index in [1.54, 1.807) is 0 Å². The molecule has 3 aliphatic rings. The number of ether oxygens (including phenoxy) is 1. The van der Waals surface area contributed by atoms with Crippen LogP contribution in [0.15, 0.2) is 23.4 Å². The normalized spacial score (nSPS) is 34.4. The van der Waals surface area contributed by atoms with Gasteiger partial charge in [-0.05, 0) is 58.0 Å². The molecule has 0 amide bonds. The Bertz CT molecular complexity index is 462. The van der Waals surface area contributed by atoms with E-state index in [2.05, 4.69) is 46.8 Å². The van der Waals surface area contributed by atoms with Gasteiger partial charge in [-0.25, -0.2) is 0 Å². The Morgan fingerprint density at radius 3 is 2.43 bits per heavy atom. The molecule has 3 nitrogen and oxygen atoms in total. The molecule has 0 spiro atoms. The molecule has 0 aromatic carbocycles. The Hall–Kier alpha value is -0.735. The predicted octanol–water partition coefficient (Wildman–Crippen LogP) is 3.89. The molecule has 2 atom stereocenters. The largest absolute Gasteiger partial charge is 0.498 e. The second-order valence-corrected chi connectivity index (χ2v) is 7.89. The highest BCUT2D eigenvalue weighted by Gasteiger charge is 2.47. The summed E-state index contributed by atoms with van der Waals surface area (Å²) in [6, 6.07) is 0. The molecule has 0 bridgehead atoms. The summed E-state index contributed by atoms with van der Waals surface area (Å²) in [5.74, 6) is 2.05. The van der Waals surface area contributed by atoms with Gasteiger partial charge in [0, 0.05) is 12.3 Å². The van der Waals surface area contributed by atoms with E-state index in [0.29, 0.717) is 11.8 Å². The Morgan fingerprint density at radius 2 is 1.76 bits per heavy atom. The minimum absolute atomic E-state index is 0.153. The lowest BCUT2D eigenvalue weighted by atomic mass is 9.62. The maximum Gasteiger partial charge on any atom is 0.490 e. The number of hydrogen-bond acceptors (Lipinski definition) is 3. The van der Waals surface area contributed by atoms with E-state index < -0.39 is 0 Å². The van der Waals surface area contributed by atoms with Crippen LogP contribution in [0, 0.1) is 11.8 Å². The minimum atomic E-state index is -0.238. The quantitative estimate of drug-likeness (QED) is 0.686. The van der Waals surface area contributed by atoms with Gasteiger partial charge in [-0.3, -0.25) is 0 Å². The topological polar surface area (TPSA) is 27.7 Å². The summed E-state index contributed by atoms with van der Waals surface area (Å²) < 4.78 is 18.3. The molecule has 2 aliphatic heterocycles. The van der Waals surface area contributed by atoms with Gasteiger partial charge in [-0.2, -0.15) is 0 Å². The van der Waals surface area contributed by atoms with Crippen molar-refractivity contribution in [3.63, 3.8) is 0 Å². The van der Waals surface area contributed by atoms with Gasteiger partial charge in [0.25, 0.3) is 0 Å². The van der Waals surface area contributed by atoms with Gasteiger partial charge in [0.2, 0.25) is 0 Å². The van der Waals surface area contributed by atoms with Crippen LogP contribution in [0.1, 0.15) is 53.9 Å². The van der Waals surface area contributed by atoms with Crippen LogP contribution in [0.25, 0.3) is 0 Å². The van der Waals surface area contributed by atoms with Crippen molar-refractivity contribution < 1.29 is 14.0 Å². The summed E-state index contributed by atoms with van der Waals surface area (Å²) in [6.07, 6.45) is 7.53. The van der Waals surface area contributed by atoms with Gasteiger partial charge in [0.1, 0.15) is 0 Å². The monoisotopic (exact) mass is 290 g/mol. The van der Waals surface area contributed by atoms with E-state index in [4.69, 9.17) is 14.0 Å². The van der Waals surface area contributed by atoms with Crippen LogP contribution in [0.5, 0.6) is 0 Å². The van der Waals surface area contributed by atoms with Gasteiger partial charge in [-0.15, -0.1) is 0 Å². The molecule has 116 valence electrons. The summed E-state index contributed by atoms with van der Waals surface area (Å²) in [5.41, 5.74) is 0.954. The van der Waals surface area contributed by atoms with Gasteiger partial charge in [-0.1, -0.05) is 13.0 Å². The molecule has 0 aromatic rings. The summed E-state index contributed by atoms with van der Waals surface area (Å²) in [4.78, 5) is 0. The highest BCUT2D eigenvalue weighted by atomic mass is 16.6. The van der Waals surface area contributed by atoms with Gasteiger partial charge < -0.3 is 14.0 Å². The second kappa shape index (κ2) is 5.17. The smallest absolute Gasteiger partial charge is 0.490 e. The highest BCUT2D eigenvalue weighted by molar-refractivity contribution is 6.54. The average molecular weight is 290 g/mol. The molecule has 0 saturated carbocycles. The number of allylic oxidation sites excluding steroid dienone is 4. The Balaban J connectivity index is 1.85. The average Bonchev–Trinajstić information content (AvgIpc) is 2.35. The molecular formula is C17H27BO3. The van der Waals surface area contributed by atoms with Crippen molar-refractivity contribution >= 4 is 7.12 Å². The first-order valence-electron chi connectivity index (χ1n) is 8.18. The molecule has 0 aromatic heterocycles. The fourth-order valence-corrected chi connectivity index (χ4v) is 4.11. The number of hydrogen-bond donors (Lipinski definition) is 0. The summed E-state index contributed by atoms with van der Waals surface area (Å²) in [7, 11) is -0.238. The molecule has 0 N–H and O–H groups in total. The fraction of sp³-hybridized carbons (Fsp3) is 0.765. The molecule has 1 aliphatic carbocycles. The molecule has 3 rings (SSSR count). The van der Waals surface area contributed by atoms with Crippen LogP contribution < -0.4 is 0 Å². The first kappa shape index (κ1) is 15.2. The van der Waals surface area contributed by atoms with Crippen LogP contribution >= 0.6 is 0 Å². The van der Waals surface area contributed by atoms with Crippen molar-refractivity contribution in [2.75, 3.05) is 6.61 Å². The zero-order valence-corrected chi connectivity index (χ0v) is 13.9. The third-order valence-electron chi connectivity index (χ3n) is 4.84. The summed E-state index contributed by atoms with van der Waals surface area (Å²) in [6.45, 7) is 11.8. The fourth-order valence-electron chi connectivity index (χ4n) is 4.11. The third-order valence-corrected chi connectivity index (χ3v) is 4.84. The van der Waals surface area contributed by atoms with Crippen molar-refractivity contribution in [2.24, 2.45) is 11.8 Å². The summed E-state index contributed by atoms with van der Waals surface area (Å²) in [5, 5.41) is 0. The highest BCUT2D eigenvalue weighted by Crippen LogP contribution is 2.42. The zero-order chi connectivity index (χ0) is 15.3. The molecule has 2 saturated heterocycles. The first-order chi connectivity index (χ1) is 9.77. The van der Waals surface area contributed by atoms with Gasteiger partial charge in [0.15, 0.2) is 0 Å². The van der Waals surface area contributed by atoms with E-state index in [-0.39, 0.29) is 18.3 Å². The van der Waals surface area contributed by atoms with Crippen molar-refractivity contribution in [2.45, 2.75) is 65.1 Å². The van der Waals surface area contributed by atoms with Crippen molar-refractivity contribution in [1.29, 1.82) is 0 Å². The van der Waals surface area contributed by atoms with E-state index in [0.717, 1.165) is 25.2 Å². The first-order valence-corrected chi connectivity index (χ1v) is 8.18. The van der Waals surface area contributed by atoms with Gasteiger partial charge in [0.05, 0.1) is 23.6 Å². The molecular weight excluding hydrogens is 263 g/mol. The van der Waals surface area contributed by atoms with E-state index in [1.165, 1.54) is 11.9 Å². The Kier molecular flexibility index (Phi) is 3.73. The van der Waals surface area contributed by atoms with Crippen LogP contribution in [0.4, 0.5) is 0 Å². The molecule has 2 heterocycles. The van der Waals surface area contributed by atoms with Crippen molar-refractivity contribution in [1.82, 2.24) is 0 Å². The van der Waals surface area contributed by atoms with Crippen LogP contribution in [0.3, 0.4) is 0 Å². The number of fused-ring (bicyclic) bond motifs is 1. The number of rotatable bonds is 1. The lowest BCUT2D eigenvalue weighted by Crippen LogP contribution is -2.53. The Morgan fingerprint density at radius 1 is 1.10 bits per heavy atom. The van der Waals surface area contributed by atoms with Crippen molar-refractivity contribution in [3.8, 4) is 0 Å². The SMILES string of the molecule is C[C@@H]1C(B2OC(C)(C)CC(C)(C)O2)=CC=C2OCCCC21. The van der Waals surface area contributed by atoms with E-state index >= 15 is 0 Å². The lowest BCUT2D eigenvalue weighted by Gasteiger charge is -2.46. The van der Waals surface area contributed by atoms with Gasteiger partial charge >= 0.3 is 7.12 Å². The van der Waals surface area contributed by atoms with E-state index in [1.807, 2.05) is 0 Å². The molecule has 4 heteroatoms.